The summed E-state index contributed by atoms with van der Waals surface area (Å²) in [6, 6.07) is 12.9. The van der Waals surface area contributed by atoms with Gasteiger partial charge in [-0.05, 0) is 36.2 Å². The van der Waals surface area contributed by atoms with E-state index in [1.807, 2.05) is 25.1 Å². The number of benzene rings is 2. The molecule has 2 nitrogen and oxygen atoms in total. The standard InChI is InChI=1S/C15H10F3NO/c1-10-2-4-12(5-3-10)13-6-11(9-19)7-14(8-13)20-15(16,17)18/h2-8H,1H3. The molecule has 0 aliphatic heterocycles. The second-order valence-electron chi connectivity index (χ2n) is 4.27. The zero-order valence-electron chi connectivity index (χ0n) is 10.5. The van der Waals surface area contributed by atoms with Crippen LogP contribution in [0.1, 0.15) is 11.1 Å². The van der Waals surface area contributed by atoms with Crippen LogP contribution in [0, 0.1) is 18.3 Å². The molecule has 0 saturated carbocycles. The Labute approximate surface area is 114 Å². The second-order valence-corrected chi connectivity index (χ2v) is 4.27. The molecule has 0 aliphatic rings. The Bertz CT molecular complexity index is 654. The maximum Gasteiger partial charge on any atom is 0.573 e. The van der Waals surface area contributed by atoms with E-state index in [0.29, 0.717) is 5.56 Å². The van der Waals surface area contributed by atoms with Crippen molar-refractivity contribution in [2.75, 3.05) is 0 Å². The van der Waals surface area contributed by atoms with Crippen LogP contribution in [0.2, 0.25) is 0 Å². The van der Waals surface area contributed by atoms with E-state index in [0.717, 1.165) is 17.2 Å². The van der Waals surface area contributed by atoms with Gasteiger partial charge in [0.1, 0.15) is 5.75 Å². The zero-order valence-corrected chi connectivity index (χ0v) is 10.5. The summed E-state index contributed by atoms with van der Waals surface area (Å²) in [6.07, 6.45) is -4.78. The monoisotopic (exact) mass is 277 g/mol. The first-order chi connectivity index (χ1) is 9.37. The van der Waals surface area contributed by atoms with E-state index in [9.17, 15) is 13.2 Å². The summed E-state index contributed by atoms with van der Waals surface area (Å²) >= 11 is 0. The molecule has 2 aromatic carbocycles. The molecule has 0 N–H and O–H groups in total. The van der Waals surface area contributed by atoms with Crippen molar-refractivity contribution < 1.29 is 17.9 Å². The second kappa shape index (κ2) is 5.25. The number of rotatable bonds is 2. The Morgan fingerprint density at radius 1 is 1.00 bits per heavy atom. The zero-order chi connectivity index (χ0) is 14.8. The predicted molar refractivity (Wildman–Crippen MR) is 68.0 cm³/mol. The Hall–Kier alpha value is -2.48. The molecule has 0 saturated heterocycles. The van der Waals surface area contributed by atoms with Crippen molar-refractivity contribution in [3.63, 3.8) is 0 Å². The van der Waals surface area contributed by atoms with Gasteiger partial charge in [0.05, 0.1) is 11.6 Å². The predicted octanol–water partition coefficient (Wildman–Crippen LogP) is 4.43. The Balaban J connectivity index is 2.46. The van der Waals surface area contributed by atoms with Gasteiger partial charge in [0, 0.05) is 0 Å². The lowest BCUT2D eigenvalue weighted by Gasteiger charge is -2.11. The highest BCUT2D eigenvalue weighted by Crippen LogP contribution is 2.29. The minimum atomic E-state index is -4.78. The van der Waals surface area contributed by atoms with Crippen LogP contribution < -0.4 is 4.74 Å². The fourth-order valence-electron chi connectivity index (χ4n) is 1.77. The summed E-state index contributed by atoms with van der Waals surface area (Å²) in [4.78, 5) is 0. The fraction of sp³-hybridized carbons (Fsp3) is 0.133. The molecule has 0 heterocycles. The molecule has 0 aliphatic carbocycles. The number of alkyl halides is 3. The van der Waals surface area contributed by atoms with Crippen LogP contribution >= 0.6 is 0 Å². The normalized spacial score (nSPS) is 10.9. The third kappa shape index (κ3) is 3.51. The molecule has 0 aromatic heterocycles. The summed E-state index contributed by atoms with van der Waals surface area (Å²) in [5, 5.41) is 8.89. The van der Waals surface area contributed by atoms with Crippen molar-refractivity contribution in [2.24, 2.45) is 0 Å². The van der Waals surface area contributed by atoms with Gasteiger partial charge in [-0.15, -0.1) is 13.2 Å². The first-order valence-electron chi connectivity index (χ1n) is 5.75. The lowest BCUT2D eigenvalue weighted by molar-refractivity contribution is -0.274. The van der Waals surface area contributed by atoms with Crippen LogP contribution in [0.3, 0.4) is 0 Å². The van der Waals surface area contributed by atoms with Gasteiger partial charge in [-0.1, -0.05) is 29.8 Å². The third-order valence-corrected chi connectivity index (χ3v) is 2.65. The molecule has 0 atom stereocenters. The number of nitriles is 1. The number of hydrogen-bond acceptors (Lipinski definition) is 2. The van der Waals surface area contributed by atoms with Crippen LogP contribution in [0.5, 0.6) is 5.75 Å². The molecule has 102 valence electrons. The van der Waals surface area contributed by atoms with Crippen LogP contribution in [0.25, 0.3) is 11.1 Å². The van der Waals surface area contributed by atoms with Crippen molar-refractivity contribution in [3.8, 4) is 22.9 Å². The van der Waals surface area contributed by atoms with E-state index in [1.165, 1.54) is 12.1 Å². The summed E-state index contributed by atoms with van der Waals surface area (Å²) < 4.78 is 40.7. The maximum absolute atomic E-state index is 12.3. The molecule has 2 rings (SSSR count). The van der Waals surface area contributed by atoms with Gasteiger partial charge < -0.3 is 4.74 Å². The largest absolute Gasteiger partial charge is 0.573 e. The van der Waals surface area contributed by atoms with Crippen molar-refractivity contribution in [3.05, 3.63) is 53.6 Å². The third-order valence-electron chi connectivity index (χ3n) is 2.65. The number of nitrogens with zero attached hydrogens (tertiary/aromatic N) is 1. The molecular weight excluding hydrogens is 267 g/mol. The topological polar surface area (TPSA) is 33.0 Å². The molecule has 0 bridgehead atoms. The van der Waals surface area contributed by atoms with Crippen molar-refractivity contribution in [2.45, 2.75) is 13.3 Å². The summed E-state index contributed by atoms with van der Waals surface area (Å²) in [6.45, 7) is 1.91. The lowest BCUT2D eigenvalue weighted by atomic mass is 10.0. The quantitative estimate of drug-likeness (QED) is 0.813. The van der Waals surface area contributed by atoms with E-state index in [4.69, 9.17) is 5.26 Å². The Kier molecular flexibility index (Phi) is 3.66. The number of hydrogen-bond donors (Lipinski definition) is 0. The van der Waals surface area contributed by atoms with Crippen LogP contribution in [0.15, 0.2) is 42.5 Å². The summed E-state index contributed by atoms with van der Waals surface area (Å²) in [5.74, 6) is -0.396. The SMILES string of the molecule is Cc1ccc(-c2cc(C#N)cc(OC(F)(F)F)c2)cc1. The molecule has 20 heavy (non-hydrogen) atoms. The summed E-state index contributed by atoms with van der Waals surface area (Å²) in [7, 11) is 0. The smallest absolute Gasteiger partial charge is 0.406 e. The Morgan fingerprint density at radius 3 is 2.20 bits per heavy atom. The van der Waals surface area contributed by atoms with E-state index >= 15 is 0 Å². The van der Waals surface area contributed by atoms with Gasteiger partial charge in [-0.3, -0.25) is 0 Å². The van der Waals surface area contributed by atoms with Gasteiger partial charge >= 0.3 is 6.36 Å². The molecule has 0 fully saturated rings. The van der Waals surface area contributed by atoms with E-state index in [2.05, 4.69) is 4.74 Å². The molecule has 0 amide bonds. The average Bonchev–Trinajstić information content (AvgIpc) is 2.37. The highest BCUT2D eigenvalue weighted by molar-refractivity contribution is 5.67. The van der Waals surface area contributed by atoms with Crippen molar-refractivity contribution in [1.29, 1.82) is 5.26 Å². The Morgan fingerprint density at radius 2 is 1.65 bits per heavy atom. The molecule has 0 radical (unpaired) electrons. The first kappa shape index (κ1) is 13.9. The molecule has 5 heteroatoms. The van der Waals surface area contributed by atoms with Crippen LogP contribution in [-0.4, -0.2) is 6.36 Å². The van der Waals surface area contributed by atoms with E-state index in [-0.39, 0.29) is 5.56 Å². The maximum atomic E-state index is 12.3. The molecule has 0 spiro atoms. The van der Waals surface area contributed by atoms with Crippen LogP contribution in [0.4, 0.5) is 13.2 Å². The van der Waals surface area contributed by atoms with Gasteiger partial charge in [0.2, 0.25) is 0 Å². The van der Waals surface area contributed by atoms with Crippen LogP contribution in [-0.2, 0) is 0 Å². The van der Waals surface area contributed by atoms with E-state index in [1.54, 1.807) is 12.1 Å². The van der Waals surface area contributed by atoms with Gasteiger partial charge in [-0.25, -0.2) is 0 Å². The highest BCUT2D eigenvalue weighted by Gasteiger charge is 2.31. The average molecular weight is 277 g/mol. The van der Waals surface area contributed by atoms with E-state index < -0.39 is 12.1 Å². The highest BCUT2D eigenvalue weighted by atomic mass is 19.4. The van der Waals surface area contributed by atoms with Gasteiger partial charge in [0.15, 0.2) is 0 Å². The first-order valence-corrected chi connectivity index (χ1v) is 5.75. The van der Waals surface area contributed by atoms with Gasteiger partial charge in [0.25, 0.3) is 0 Å². The molecular formula is C15H10F3NO. The minimum Gasteiger partial charge on any atom is -0.406 e. The van der Waals surface area contributed by atoms with Crippen molar-refractivity contribution >= 4 is 0 Å². The molecule has 0 unspecified atom stereocenters. The van der Waals surface area contributed by atoms with Crippen molar-refractivity contribution in [1.82, 2.24) is 0 Å². The number of halogens is 3. The number of aryl methyl sites for hydroxylation is 1. The minimum absolute atomic E-state index is 0.113. The summed E-state index contributed by atoms with van der Waals surface area (Å²) in [5.41, 5.74) is 2.38. The fourth-order valence-corrected chi connectivity index (χ4v) is 1.77. The van der Waals surface area contributed by atoms with Gasteiger partial charge in [-0.2, -0.15) is 5.26 Å². The number of ether oxygens (including phenoxy) is 1. The molecule has 2 aromatic rings. The lowest BCUT2D eigenvalue weighted by Crippen LogP contribution is -2.17.